The Morgan fingerprint density at radius 1 is 1.62 bits per heavy atom. The number of carbonyl (C=O) groups is 2. The number of likely N-dealkylation sites (tertiary alicyclic amines) is 1. The van der Waals surface area contributed by atoms with E-state index in [-0.39, 0.29) is 5.91 Å². The molecule has 0 aromatic carbocycles. The number of aliphatic carboxylic acids is 1. The zero-order chi connectivity index (χ0) is 11.7. The molecule has 86 valence electrons. The van der Waals surface area contributed by atoms with Gasteiger partial charge in [-0.25, -0.2) is 0 Å². The number of rotatable bonds is 2. The van der Waals surface area contributed by atoms with E-state index in [0.717, 1.165) is 0 Å². The van der Waals surface area contributed by atoms with E-state index in [4.69, 9.17) is 5.11 Å². The molecule has 1 aromatic heterocycles. The fourth-order valence-corrected chi connectivity index (χ4v) is 2.50. The Bertz CT molecular complexity index is 429. The molecular formula is C10H12N2O3S. The lowest BCUT2D eigenvalue weighted by Gasteiger charge is -2.14. The van der Waals surface area contributed by atoms with Crippen LogP contribution in [0.1, 0.15) is 22.5 Å². The number of nitrogens with zero attached hydrogens (tertiary/aromatic N) is 2. The van der Waals surface area contributed by atoms with Gasteiger partial charge in [-0.1, -0.05) is 0 Å². The summed E-state index contributed by atoms with van der Waals surface area (Å²) in [6.07, 6.45) is 0.539. The second-order valence-corrected chi connectivity index (χ2v) is 4.52. The maximum Gasteiger partial charge on any atom is 0.308 e. The number of aromatic nitrogens is 1. The van der Waals surface area contributed by atoms with Gasteiger partial charge in [0.05, 0.1) is 17.2 Å². The third-order valence-corrected chi connectivity index (χ3v) is 3.53. The molecule has 0 bridgehead atoms. The van der Waals surface area contributed by atoms with Crippen molar-refractivity contribution >= 4 is 23.4 Å². The maximum atomic E-state index is 12.0. The average molecular weight is 240 g/mol. The van der Waals surface area contributed by atoms with E-state index in [1.165, 1.54) is 11.5 Å². The fourth-order valence-electron chi connectivity index (χ4n) is 1.81. The SMILES string of the molecule is Cc1nscc1C(=O)N1CCC(C(=O)O)C1. The number of hydrogen-bond donors (Lipinski definition) is 1. The lowest BCUT2D eigenvalue weighted by molar-refractivity contribution is -0.141. The number of carboxylic acid groups (broad SMARTS) is 1. The quantitative estimate of drug-likeness (QED) is 0.837. The third-order valence-electron chi connectivity index (χ3n) is 2.81. The Labute approximate surface area is 96.9 Å². The van der Waals surface area contributed by atoms with Crippen molar-refractivity contribution in [2.24, 2.45) is 5.92 Å². The first-order valence-corrected chi connectivity index (χ1v) is 5.86. The van der Waals surface area contributed by atoms with Crippen LogP contribution < -0.4 is 0 Å². The molecule has 1 fully saturated rings. The van der Waals surface area contributed by atoms with Crippen LogP contribution in [0.5, 0.6) is 0 Å². The van der Waals surface area contributed by atoms with Crippen molar-refractivity contribution in [1.82, 2.24) is 9.27 Å². The van der Waals surface area contributed by atoms with Gasteiger partial charge in [-0.15, -0.1) is 0 Å². The highest BCUT2D eigenvalue weighted by molar-refractivity contribution is 7.03. The minimum atomic E-state index is -0.824. The van der Waals surface area contributed by atoms with Gasteiger partial charge in [-0.3, -0.25) is 9.59 Å². The average Bonchev–Trinajstić information content (AvgIpc) is 2.84. The van der Waals surface area contributed by atoms with Gasteiger partial charge in [-0.2, -0.15) is 4.37 Å². The van der Waals surface area contributed by atoms with Crippen LogP contribution in [0.15, 0.2) is 5.38 Å². The van der Waals surface area contributed by atoms with Gasteiger partial charge in [0, 0.05) is 18.5 Å². The Kier molecular flexibility index (Phi) is 2.91. The molecule has 0 aliphatic carbocycles. The molecule has 1 aromatic rings. The van der Waals surface area contributed by atoms with Crippen LogP contribution in [0.3, 0.4) is 0 Å². The summed E-state index contributed by atoms with van der Waals surface area (Å²) >= 11 is 1.25. The second kappa shape index (κ2) is 4.21. The van der Waals surface area contributed by atoms with E-state index in [1.54, 1.807) is 17.2 Å². The lowest BCUT2D eigenvalue weighted by atomic mass is 10.1. The Hall–Kier alpha value is -1.43. The largest absolute Gasteiger partial charge is 0.481 e. The highest BCUT2D eigenvalue weighted by atomic mass is 32.1. The summed E-state index contributed by atoms with van der Waals surface area (Å²) in [6, 6.07) is 0. The summed E-state index contributed by atoms with van der Waals surface area (Å²) in [6.45, 7) is 2.61. The molecule has 0 spiro atoms. The smallest absolute Gasteiger partial charge is 0.308 e. The minimum Gasteiger partial charge on any atom is -0.481 e. The number of hydrogen-bond acceptors (Lipinski definition) is 4. The van der Waals surface area contributed by atoms with Crippen molar-refractivity contribution < 1.29 is 14.7 Å². The molecular weight excluding hydrogens is 228 g/mol. The first kappa shape index (κ1) is 11.1. The predicted octanol–water partition coefficient (Wildman–Crippen LogP) is 0.998. The first-order chi connectivity index (χ1) is 7.59. The molecule has 1 saturated heterocycles. The number of carbonyl (C=O) groups excluding carboxylic acids is 1. The zero-order valence-corrected chi connectivity index (χ0v) is 9.66. The van der Waals surface area contributed by atoms with Crippen LogP contribution >= 0.6 is 11.5 Å². The summed E-state index contributed by atoms with van der Waals surface area (Å²) in [7, 11) is 0. The van der Waals surface area contributed by atoms with E-state index in [0.29, 0.717) is 30.8 Å². The van der Waals surface area contributed by atoms with Crippen molar-refractivity contribution in [2.45, 2.75) is 13.3 Å². The third kappa shape index (κ3) is 1.92. The van der Waals surface area contributed by atoms with Crippen LogP contribution in [-0.4, -0.2) is 39.3 Å². The minimum absolute atomic E-state index is 0.102. The Morgan fingerprint density at radius 2 is 2.38 bits per heavy atom. The van der Waals surface area contributed by atoms with Gasteiger partial charge in [0.15, 0.2) is 0 Å². The Morgan fingerprint density at radius 3 is 2.88 bits per heavy atom. The molecule has 1 amide bonds. The standard InChI is InChI=1S/C10H12N2O3S/c1-6-8(5-16-11-6)9(13)12-3-2-7(4-12)10(14)15/h5,7H,2-4H2,1H3,(H,14,15). The molecule has 1 atom stereocenters. The number of amides is 1. The molecule has 5 nitrogen and oxygen atoms in total. The van der Waals surface area contributed by atoms with Crippen LogP contribution in [-0.2, 0) is 4.79 Å². The molecule has 16 heavy (non-hydrogen) atoms. The lowest BCUT2D eigenvalue weighted by Crippen LogP contribution is -2.30. The molecule has 0 radical (unpaired) electrons. The maximum absolute atomic E-state index is 12.0. The van der Waals surface area contributed by atoms with Crippen molar-refractivity contribution in [2.75, 3.05) is 13.1 Å². The molecule has 2 heterocycles. The van der Waals surface area contributed by atoms with Gasteiger partial charge in [0.25, 0.3) is 5.91 Å². The predicted molar refractivity (Wildman–Crippen MR) is 58.5 cm³/mol. The summed E-state index contributed by atoms with van der Waals surface area (Å²) < 4.78 is 4.04. The topological polar surface area (TPSA) is 70.5 Å². The summed E-state index contributed by atoms with van der Waals surface area (Å²) in [5.74, 6) is -1.35. The summed E-state index contributed by atoms with van der Waals surface area (Å²) in [4.78, 5) is 24.4. The van der Waals surface area contributed by atoms with Crippen LogP contribution in [0.2, 0.25) is 0 Å². The molecule has 2 rings (SSSR count). The zero-order valence-electron chi connectivity index (χ0n) is 8.84. The van der Waals surface area contributed by atoms with Gasteiger partial charge in [0.2, 0.25) is 0 Å². The molecule has 1 aliphatic rings. The van der Waals surface area contributed by atoms with Crippen molar-refractivity contribution in [3.63, 3.8) is 0 Å². The molecule has 1 aliphatic heterocycles. The van der Waals surface area contributed by atoms with E-state index in [1.807, 2.05) is 0 Å². The summed E-state index contributed by atoms with van der Waals surface area (Å²) in [5.41, 5.74) is 1.31. The molecule has 1 N–H and O–H groups in total. The summed E-state index contributed by atoms with van der Waals surface area (Å²) in [5, 5.41) is 10.6. The normalized spacial score (nSPS) is 20.1. The second-order valence-electron chi connectivity index (χ2n) is 3.89. The van der Waals surface area contributed by atoms with Gasteiger partial charge in [0.1, 0.15) is 0 Å². The van der Waals surface area contributed by atoms with Gasteiger partial charge < -0.3 is 10.0 Å². The van der Waals surface area contributed by atoms with E-state index >= 15 is 0 Å². The molecule has 1 unspecified atom stereocenters. The van der Waals surface area contributed by atoms with Crippen molar-refractivity contribution in [1.29, 1.82) is 0 Å². The van der Waals surface area contributed by atoms with E-state index in [9.17, 15) is 9.59 Å². The van der Waals surface area contributed by atoms with Gasteiger partial charge >= 0.3 is 5.97 Å². The molecule has 6 heteroatoms. The van der Waals surface area contributed by atoms with Crippen LogP contribution in [0, 0.1) is 12.8 Å². The van der Waals surface area contributed by atoms with Gasteiger partial charge in [-0.05, 0) is 24.9 Å². The number of aryl methyl sites for hydroxylation is 1. The first-order valence-electron chi connectivity index (χ1n) is 5.02. The fraction of sp³-hybridized carbons (Fsp3) is 0.500. The van der Waals surface area contributed by atoms with E-state index in [2.05, 4.69) is 4.37 Å². The van der Waals surface area contributed by atoms with Crippen LogP contribution in [0.4, 0.5) is 0 Å². The van der Waals surface area contributed by atoms with Crippen molar-refractivity contribution in [3.8, 4) is 0 Å². The molecule has 0 saturated carbocycles. The number of carboxylic acids is 1. The Balaban J connectivity index is 2.08. The van der Waals surface area contributed by atoms with E-state index < -0.39 is 11.9 Å². The van der Waals surface area contributed by atoms with Crippen LogP contribution in [0.25, 0.3) is 0 Å². The highest BCUT2D eigenvalue weighted by Gasteiger charge is 2.32. The van der Waals surface area contributed by atoms with Crippen molar-refractivity contribution in [3.05, 3.63) is 16.6 Å². The monoisotopic (exact) mass is 240 g/mol. The highest BCUT2D eigenvalue weighted by Crippen LogP contribution is 2.20.